The summed E-state index contributed by atoms with van der Waals surface area (Å²) in [7, 11) is 0. The van der Waals surface area contributed by atoms with Gasteiger partial charge in [0.15, 0.2) is 0 Å². The SMILES string of the molecule is C[C@H]1C[C@@H](N(C(=O)CC(=O)O)c2ccccc2)c2ccccc2N1C(=O)c1ccccc1. The fourth-order valence-corrected chi connectivity index (χ4v) is 4.36. The van der Waals surface area contributed by atoms with Crippen LogP contribution in [-0.2, 0) is 9.59 Å². The van der Waals surface area contributed by atoms with Crippen molar-refractivity contribution in [1.82, 2.24) is 0 Å². The predicted octanol–water partition coefficient (Wildman–Crippen LogP) is 4.67. The van der Waals surface area contributed by atoms with Gasteiger partial charge < -0.3 is 14.9 Å². The molecule has 1 aliphatic rings. The third-order valence-electron chi connectivity index (χ3n) is 5.72. The van der Waals surface area contributed by atoms with Gasteiger partial charge in [-0.1, -0.05) is 54.6 Å². The van der Waals surface area contributed by atoms with E-state index in [2.05, 4.69) is 0 Å². The largest absolute Gasteiger partial charge is 0.481 e. The van der Waals surface area contributed by atoms with E-state index in [9.17, 15) is 19.5 Å². The van der Waals surface area contributed by atoms with Crippen LogP contribution in [0.5, 0.6) is 0 Å². The summed E-state index contributed by atoms with van der Waals surface area (Å²) >= 11 is 0. The van der Waals surface area contributed by atoms with Crippen molar-refractivity contribution < 1.29 is 19.5 Å². The van der Waals surface area contributed by atoms with Gasteiger partial charge in [0.2, 0.25) is 5.91 Å². The molecular weight excluding hydrogens is 404 g/mol. The number of carboxylic acids is 1. The first-order valence-electron chi connectivity index (χ1n) is 10.5. The van der Waals surface area contributed by atoms with E-state index in [1.165, 1.54) is 0 Å². The fraction of sp³-hybridized carbons (Fsp3) is 0.192. The Bertz CT molecular complexity index is 1130. The number of nitrogens with zero attached hydrogens (tertiary/aromatic N) is 2. The average molecular weight is 428 g/mol. The molecule has 0 saturated heterocycles. The number of carbonyl (C=O) groups is 3. The van der Waals surface area contributed by atoms with Gasteiger partial charge in [-0.15, -0.1) is 0 Å². The minimum atomic E-state index is -1.17. The zero-order valence-electron chi connectivity index (χ0n) is 17.7. The highest BCUT2D eigenvalue weighted by Gasteiger charge is 2.39. The molecule has 3 aromatic rings. The van der Waals surface area contributed by atoms with Crippen LogP contribution in [0.3, 0.4) is 0 Å². The average Bonchev–Trinajstić information content (AvgIpc) is 2.80. The minimum absolute atomic E-state index is 0.105. The summed E-state index contributed by atoms with van der Waals surface area (Å²) in [5.74, 6) is -1.76. The van der Waals surface area contributed by atoms with Gasteiger partial charge in [-0.3, -0.25) is 14.4 Å². The molecule has 1 aliphatic heterocycles. The Balaban J connectivity index is 1.79. The van der Waals surface area contributed by atoms with Crippen LogP contribution in [-0.4, -0.2) is 28.9 Å². The molecule has 0 bridgehead atoms. The molecular formula is C26H24N2O4. The first-order chi connectivity index (χ1) is 15.5. The molecule has 2 amide bonds. The zero-order chi connectivity index (χ0) is 22.7. The molecule has 1 N–H and O–H groups in total. The highest BCUT2D eigenvalue weighted by Crippen LogP contribution is 2.42. The number of carbonyl (C=O) groups excluding carboxylic acids is 2. The summed E-state index contributed by atoms with van der Waals surface area (Å²) in [6.45, 7) is 1.95. The van der Waals surface area contributed by atoms with Crippen molar-refractivity contribution in [2.24, 2.45) is 0 Å². The second-order valence-electron chi connectivity index (χ2n) is 7.87. The summed E-state index contributed by atoms with van der Waals surface area (Å²) in [6.07, 6.45) is -0.121. The topological polar surface area (TPSA) is 77.9 Å². The quantitative estimate of drug-likeness (QED) is 0.599. The van der Waals surface area contributed by atoms with Crippen molar-refractivity contribution in [3.05, 3.63) is 96.1 Å². The van der Waals surface area contributed by atoms with E-state index >= 15 is 0 Å². The molecule has 0 unspecified atom stereocenters. The molecule has 0 spiro atoms. The molecule has 4 rings (SSSR count). The van der Waals surface area contributed by atoms with E-state index in [0.717, 1.165) is 11.3 Å². The second-order valence-corrected chi connectivity index (χ2v) is 7.87. The molecule has 32 heavy (non-hydrogen) atoms. The summed E-state index contributed by atoms with van der Waals surface area (Å²) in [5.41, 5.74) is 2.77. The molecule has 2 atom stereocenters. The summed E-state index contributed by atoms with van der Waals surface area (Å²) in [4.78, 5) is 41.1. The van der Waals surface area contributed by atoms with Crippen molar-refractivity contribution >= 4 is 29.2 Å². The molecule has 0 saturated carbocycles. The second kappa shape index (κ2) is 9.06. The number of benzene rings is 3. The molecule has 6 nitrogen and oxygen atoms in total. The molecule has 0 aliphatic carbocycles. The number of carboxylic acid groups (broad SMARTS) is 1. The number of fused-ring (bicyclic) bond motifs is 1. The van der Waals surface area contributed by atoms with Gasteiger partial charge in [0.1, 0.15) is 6.42 Å². The maximum atomic E-state index is 13.4. The monoisotopic (exact) mass is 428 g/mol. The Kier molecular flexibility index (Phi) is 6.03. The molecule has 162 valence electrons. The van der Waals surface area contributed by atoms with E-state index in [1.54, 1.807) is 34.1 Å². The molecule has 0 radical (unpaired) electrons. The van der Waals surface area contributed by atoms with Crippen LogP contribution in [0.2, 0.25) is 0 Å². The van der Waals surface area contributed by atoms with Gasteiger partial charge in [0.25, 0.3) is 5.91 Å². The van der Waals surface area contributed by atoms with Crippen molar-refractivity contribution in [3.8, 4) is 0 Å². The number of anilines is 2. The van der Waals surface area contributed by atoms with E-state index in [-0.39, 0.29) is 11.9 Å². The lowest BCUT2D eigenvalue weighted by Crippen LogP contribution is -2.48. The van der Waals surface area contributed by atoms with E-state index in [0.29, 0.717) is 17.7 Å². The van der Waals surface area contributed by atoms with Crippen LogP contribution in [0, 0.1) is 0 Å². The standard InChI is InChI=1S/C26H24N2O4/c1-18-16-23(28(24(29)17-25(30)31)20-12-6-3-7-13-20)21-14-8-9-15-22(21)27(18)26(32)19-10-4-2-5-11-19/h2-15,18,23H,16-17H2,1H3,(H,30,31)/t18-,23+/m0/s1. The van der Waals surface area contributed by atoms with Gasteiger partial charge in [-0.2, -0.15) is 0 Å². The summed E-state index contributed by atoms with van der Waals surface area (Å²) in [6, 6.07) is 25.1. The number of hydrogen-bond donors (Lipinski definition) is 1. The first kappa shape index (κ1) is 21.3. The minimum Gasteiger partial charge on any atom is -0.481 e. The first-order valence-corrected chi connectivity index (χ1v) is 10.5. The normalized spacial score (nSPS) is 17.3. The van der Waals surface area contributed by atoms with Gasteiger partial charge in [0, 0.05) is 23.0 Å². The molecule has 3 aromatic carbocycles. The van der Waals surface area contributed by atoms with Crippen LogP contribution in [0.25, 0.3) is 0 Å². The lowest BCUT2D eigenvalue weighted by atomic mass is 9.89. The lowest BCUT2D eigenvalue weighted by molar-refractivity contribution is -0.140. The Morgan fingerprint density at radius 2 is 1.50 bits per heavy atom. The highest BCUT2D eigenvalue weighted by molar-refractivity contribution is 6.08. The van der Waals surface area contributed by atoms with Gasteiger partial charge in [-0.05, 0) is 49.2 Å². The van der Waals surface area contributed by atoms with Crippen molar-refractivity contribution in [3.63, 3.8) is 0 Å². The third kappa shape index (κ3) is 4.12. The maximum absolute atomic E-state index is 13.4. The number of aliphatic carboxylic acids is 1. The van der Waals surface area contributed by atoms with E-state index in [1.807, 2.05) is 67.6 Å². The Morgan fingerprint density at radius 1 is 0.906 bits per heavy atom. The third-order valence-corrected chi connectivity index (χ3v) is 5.72. The Hall–Kier alpha value is -3.93. The van der Waals surface area contributed by atoms with Gasteiger partial charge >= 0.3 is 5.97 Å². The summed E-state index contributed by atoms with van der Waals surface area (Å²) in [5, 5.41) is 9.27. The van der Waals surface area contributed by atoms with E-state index < -0.39 is 24.3 Å². The van der Waals surface area contributed by atoms with Crippen molar-refractivity contribution in [2.45, 2.75) is 31.8 Å². The lowest BCUT2D eigenvalue weighted by Gasteiger charge is -2.43. The zero-order valence-corrected chi connectivity index (χ0v) is 17.7. The number of hydrogen-bond acceptors (Lipinski definition) is 3. The van der Waals surface area contributed by atoms with Crippen LogP contribution in [0.1, 0.15) is 41.7 Å². The summed E-state index contributed by atoms with van der Waals surface area (Å²) < 4.78 is 0. The molecule has 1 heterocycles. The van der Waals surface area contributed by atoms with Gasteiger partial charge in [0.05, 0.1) is 6.04 Å². The van der Waals surface area contributed by atoms with Crippen molar-refractivity contribution in [1.29, 1.82) is 0 Å². The molecule has 0 fully saturated rings. The predicted molar refractivity (Wildman–Crippen MR) is 123 cm³/mol. The van der Waals surface area contributed by atoms with Gasteiger partial charge in [-0.25, -0.2) is 0 Å². The number of para-hydroxylation sites is 2. The highest BCUT2D eigenvalue weighted by atomic mass is 16.4. The van der Waals surface area contributed by atoms with Crippen LogP contribution >= 0.6 is 0 Å². The smallest absolute Gasteiger partial charge is 0.312 e. The Morgan fingerprint density at radius 3 is 2.16 bits per heavy atom. The fourth-order valence-electron chi connectivity index (χ4n) is 4.36. The van der Waals surface area contributed by atoms with E-state index in [4.69, 9.17) is 0 Å². The van der Waals surface area contributed by atoms with Crippen LogP contribution in [0.15, 0.2) is 84.9 Å². The Labute approximate surface area is 186 Å². The molecule has 6 heteroatoms. The van der Waals surface area contributed by atoms with Crippen molar-refractivity contribution in [2.75, 3.05) is 9.80 Å². The van der Waals surface area contributed by atoms with Crippen LogP contribution < -0.4 is 9.80 Å². The molecule has 0 aromatic heterocycles. The maximum Gasteiger partial charge on any atom is 0.312 e. The van der Waals surface area contributed by atoms with Crippen LogP contribution in [0.4, 0.5) is 11.4 Å². The number of rotatable bonds is 5. The number of amides is 2.